The fourth-order valence-electron chi connectivity index (χ4n) is 2.40. The van der Waals surface area contributed by atoms with Gasteiger partial charge in [-0.3, -0.25) is 10.1 Å². The fourth-order valence-corrected chi connectivity index (χ4v) is 2.40. The van der Waals surface area contributed by atoms with Crippen molar-refractivity contribution in [2.75, 3.05) is 18.5 Å². The molecule has 1 N–H and O–H groups in total. The zero-order valence-corrected chi connectivity index (χ0v) is 10.6. The molecule has 100 valence electrons. The van der Waals surface area contributed by atoms with E-state index in [4.69, 9.17) is 5.26 Å². The van der Waals surface area contributed by atoms with Crippen LogP contribution in [0.25, 0.3) is 0 Å². The van der Waals surface area contributed by atoms with Crippen LogP contribution in [0, 0.1) is 27.4 Å². The van der Waals surface area contributed by atoms with Crippen LogP contribution in [-0.2, 0) is 0 Å². The van der Waals surface area contributed by atoms with Gasteiger partial charge in [0.05, 0.1) is 22.3 Å². The SMILES string of the molecule is CN(CC1CC(O)C1)c1ccc([N+](=O)[O-])cc1C#N. The zero-order chi connectivity index (χ0) is 14.0. The molecule has 0 aliphatic heterocycles. The second kappa shape index (κ2) is 5.24. The molecular formula is C13H15N3O3. The van der Waals surface area contributed by atoms with E-state index in [1.54, 1.807) is 6.07 Å². The molecule has 19 heavy (non-hydrogen) atoms. The van der Waals surface area contributed by atoms with E-state index >= 15 is 0 Å². The number of hydrogen-bond acceptors (Lipinski definition) is 5. The van der Waals surface area contributed by atoms with E-state index in [0.717, 1.165) is 19.4 Å². The van der Waals surface area contributed by atoms with Gasteiger partial charge in [0.25, 0.3) is 5.69 Å². The molecule has 0 saturated heterocycles. The third-order valence-electron chi connectivity index (χ3n) is 3.47. The number of non-ortho nitro benzene ring substituents is 1. The zero-order valence-electron chi connectivity index (χ0n) is 10.6. The highest BCUT2D eigenvalue weighted by Gasteiger charge is 2.28. The highest BCUT2D eigenvalue weighted by molar-refractivity contribution is 5.62. The number of hydrogen-bond donors (Lipinski definition) is 1. The summed E-state index contributed by atoms with van der Waals surface area (Å²) in [6, 6.07) is 6.30. The lowest BCUT2D eigenvalue weighted by molar-refractivity contribution is -0.384. The van der Waals surface area contributed by atoms with Crippen molar-refractivity contribution >= 4 is 11.4 Å². The summed E-state index contributed by atoms with van der Waals surface area (Å²) in [6.07, 6.45) is 1.35. The average molecular weight is 261 g/mol. The minimum Gasteiger partial charge on any atom is -0.393 e. The number of rotatable bonds is 4. The highest BCUT2D eigenvalue weighted by atomic mass is 16.6. The lowest BCUT2D eigenvalue weighted by Crippen LogP contribution is -2.37. The molecule has 0 unspecified atom stereocenters. The minimum absolute atomic E-state index is 0.0761. The smallest absolute Gasteiger partial charge is 0.270 e. The molecule has 6 heteroatoms. The van der Waals surface area contributed by atoms with Crippen LogP contribution in [0.2, 0.25) is 0 Å². The Hall–Kier alpha value is -2.13. The maximum absolute atomic E-state index is 10.7. The predicted molar refractivity (Wildman–Crippen MR) is 69.8 cm³/mol. The van der Waals surface area contributed by atoms with Gasteiger partial charge in [-0.15, -0.1) is 0 Å². The number of nitro groups is 1. The number of aliphatic hydroxyl groups is 1. The molecule has 2 rings (SSSR count). The van der Waals surface area contributed by atoms with Gasteiger partial charge in [-0.2, -0.15) is 5.26 Å². The maximum Gasteiger partial charge on any atom is 0.270 e. The van der Waals surface area contributed by atoms with Gasteiger partial charge in [0, 0.05) is 25.7 Å². The van der Waals surface area contributed by atoms with E-state index in [0.29, 0.717) is 17.2 Å². The second-order valence-corrected chi connectivity index (χ2v) is 4.94. The van der Waals surface area contributed by atoms with E-state index in [-0.39, 0.29) is 11.8 Å². The first-order valence-electron chi connectivity index (χ1n) is 6.09. The summed E-state index contributed by atoms with van der Waals surface area (Å²) in [5.74, 6) is 0.418. The summed E-state index contributed by atoms with van der Waals surface area (Å²) in [5, 5.41) is 29.0. The molecule has 0 atom stereocenters. The topological polar surface area (TPSA) is 90.4 Å². The Kier molecular flexibility index (Phi) is 3.67. The van der Waals surface area contributed by atoms with Crippen LogP contribution in [0.1, 0.15) is 18.4 Å². The van der Waals surface area contributed by atoms with E-state index in [1.807, 2.05) is 18.0 Å². The quantitative estimate of drug-likeness (QED) is 0.657. The van der Waals surface area contributed by atoms with Gasteiger partial charge in [-0.05, 0) is 24.8 Å². The van der Waals surface area contributed by atoms with Crippen molar-refractivity contribution in [3.05, 3.63) is 33.9 Å². The summed E-state index contributed by atoms with van der Waals surface area (Å²) in [5.41, 5.74) is 0.916. The van der Waals surface area contributed by atoms with Crippen LogP contribution in [0.3, 0.4) is 0 Å². The Morgan fingerprint density at radius 2 is 2.26 bits per heavy atom. The number of nitro benzene ring substituents is 1. The van der Waals surface area contributed by atoms with Crippen LogP contribution >= 0.6 is 0 Å². The van der Waals surface area contributed by atoms with E-state index < -0.39 is 4.92 Å². The third kappa shape index (κ3) is 2.83. The van der Waals surface area contributed by atoms with Crippen molar-refractivity contribution in [2.24, 2.45) is 5.92 Å². The van der Waals surface area contributed by atoms with Gasteiger partial charge in [-0.1, -0.05) is 0 Å². The summed E-state index contributed by atoms with van der Waals surface area (Å²) >= 11 is 0. The summed E-state index contributed by atoms with van der Waals surface area (Å²) in [7, 11) is 1.85. The number of aliphatic hydroxyl groups excluding tert-OH is 1. The van der Waals surface area contributed by atoms with Crippen LogP contribution in [0.15, 0.2) is 18.2 Å². The van der Waals surface area contributed by atoms with E-state index in [2.05, 4.69) is 0 Å². The standard InChI is InChI=1S/C13H15N3O3/c1-15(8-9-4-12(17)5-9)13-3-2-11(16(18)19)6-10(13)7-14/h2-3,6,9,12,17H,4-5,8H2,1H3. The monoisotopic (exact) mass is 261 g/mol. The summed E-state index contributed by atoms with van der Waals surface area (Å²) < 4.78 is 0. The Morgan fingerprint density at radius 3 is 2.79 bits per heavy atom. The number of benzene rings is 1. The molecular weight excluding hydrogens is 246 g/mol. The van der Waals surface area contributed by atoms with Gasteiger partial charge in [0.1, 0.15) is 6.07 Å². The Morgan fingerprint density at radius 1 is 1.58 bits per heavy atom. The van der Waals surface area contributed by atoms with Gasteiger partial charge >= 0.3 is 0 Å². The minimum atomic E-state index is -0.507. The van der Waals surface area contributed by atoms with Crippen molar-refractivity contribution in [2.45, 2.75) is 18.9 Å². The Bertz CT molecular complexity index is 532. The first-order valence-corrected chi connectivity index (χ1v) is 6.09. The van der Waals surface area contributed by atoms with Crippen LogP contribution in [0.5, 0.6) is 0 Å². The third-order valence-corrected chi connectivity index (χ3v) is 3.47. The van der Waals surface area contributed by atoms with E-state index in [9.17, 15) is 15.2 Å². The molecule has 0 bridgehead atoms. The number of nitrogens with zero attached hydrogens (tertiary/aromatic N) is 3. The lowest BCUT2D eigenvalue weighted by atomic mass is 9.82. The van der Waals surface area contributed by atoms with Crippen LogP contribution in [-0.4, -0.2) is 29.7 Å². The van der Waals surface area contributed by atoms with Gasteiger partial charge in [0.2, 0.25) is 0 Å². The van der Waals surface area contributed by atoms with Crippen molar-refractivity contribution in [3.63, 3.8) is 0 Å². The van der Waals surface area contributed by atoms with Crippen molar-refractivity contribution in [1.82, 2.24) is 0 Å². The molecule has 0 radical (unpaired) electrons. The van der Waals surface area contributed by atoms with Gasteiger partial charge in [0.15, 0.2) is 0 Å². The molecule has 1 aromatic carbocycles. The largest absolute Gasteiger partial charge is 0.393 e. The molecule has 1 aliphatic rings. The Balaban J connectivity index is 2.15. The predicted octanol–water partition coefficient (Wildman–Crippen LogP) is 1.67. The molecule has 1 saturated carbocycles. The molecule has 0 heterocycles. The molecule has 1 fully saturated rings. The normalized spacial score (nSPS) is 21.3. The Labute approximate surface area is 111 Å². The van der Waals surface area contributed by atoms with Gasteiger partial charge < -0.3 is 10.0 Å². The van der Waals surface area contributed by atoms with Crippen molar-refractivity contribution in [1.29, 1.82) is 5.26 Å². The fraction of sp³-hybridized carbons (Fsp3) is 0.462. The molecule has 1 aliphatic carbocycles. The van der Waals surface area contributed by atoms with Crippen LogP contribution in [0.4, 0.5) is 11.4 Å². The average Bonchev–Trinajstić information content (AvgIpc) is 2.35. The second-order valence-electron chi connectivity index (χ2n) is 4.94. The maximum atomic E-state index is 10.7. The highest BCUT2D eigenvalue weighted by Crippen LogP contribution is 2.30. The molecule has 0 spiro atoms. The summed E-state index contributed by atoms with van der Waals surface area (Å²) in [4.78, 5) is 12.1. The van der Waals surface area contributed by atoms with Crippen LogP contribution < -0.4 is 4.90 Å². The lowest BCUT2D eigenvalue weighted by Gasteiger charge is -2.35. The number of nitriles is 1. The van der Waals surface area contributed by atoms with Gasteiger partial charge in [-0.25, -0.2) is 0 Å². The molecule has 1 aromatic rings. The first-order chi connectivity index (χ1) is 9.01. The van der Waals surface area contributed by atoms with E-state index in [1.165, 1.54) is 12.1 Å². The summed E-state index contributed by atoms with van der Waals surface area (Å²) in [6.45, 7) is 0.740. The molecule has 0 aromatic heterocycles. The molecule has 0 amide bonds. The molecule has 6 nitrogen and oxygen atoms in total. The van der Waals surface area contributed by atoms with Crippen molar-refractivity contribution in [3.8, 4) is 6.07 Å². The first kappa shape index (κ1) is 13.3. The van der Waals surface area contributed by atoms with Crippen molar-refractivity contribution < 1.29 is 10.0 Å². The number of anilines is 1.